The van der Waals surface area contributed by atoms with Gasteiger partial charge in [-0.3, -0.25) is 4.79 Å². The molecule has 3 aromatic rings. The summed E-state index contributed by atoms with van der Waals surface area (Å²) < 4.78 is 33.6. The first-order valence-corrected chi connectivity index (χ1v) is 9.54. The van der Waals surface area contributed by atoms with Crippen molar-refractivity contribution in [1.29, 1.82) is 0 Å². The van der Waals surface area contributed by atoms with Gasteiger partial charge in [0.25, 0.3) is 5.91 Å². The second-order valence-electron chi connectivity index (χ2n) is 7.14. The first kappa shape index (κ1) is 19.8. The lowest BCUT2D eigenvalue weighted by atomic mass is 10.2. The summed E-state index contributed by atoms with van der Waals surface area (Å²) in [5.74, 6) is -2.81. The quantitative estimate of drug-likeness (QED) is 0.617. The van der Waals surface area contributed by atoms with Gasteiger partial charge in [-0.2, -0.15) is 5.10 Å². The van der Waals surface area contributed by atoms with Gasteiger partial charge in [-0.1, -0.05) is 18.2 Å². The topological polar surface area (TPSA) is 73.2 Å². The maximum Gasteiger partial charge on any atom is 0.357 e. The maximum absolute atomic E-state index is 13.8. The number of aromatic nitrogens is 2. The van der Waals surface area contributed by atoms with Gasteiger partial charge >= 0.3 is 5.97 Å². The highest BCUT2D eigenvalue weighted by atomic mass is 19.1. The van der Waals surface area contributed by atoms with Crippen LogP contribution in [0.5, 0.6) is 0 Å². The highest BCUT2D eigenvalue weighted by Gasteiger charge is 2.30. The highest BCUT2D eigenvalue weighted by Crippen LogP contribution is 2.39. The van der Waals surface area contributed by atoms with Crippen LogP contribution < -0.4 is 5.32 Å². The number of carbonyl (C=O) groups is 2. The van der Waals surface area contributed by atoms with Crippen molar-refractivity contribution in [3.8, 4) is 5.69 Å². The van der Waals surface area contributed by atoms with Gasteiger partial charge in [0.05, 0.1) is 17.1 Å². The van der Waals surface area contributed by atoms with Crippen LogP contribution in [0.15, 0.2) is 54.6 Å². The van der Waals surface area contributed by atoms with Gasteiger partial charge in [0, 0.05) is 12.0 Å². The van der Waals surface area contributed by atoms with Gasteiger partial charge < -0.3 is 10.1 Å². The van der Waals surface area contributed by atoms with E-state index in [4.69, 9.17) is 4.74 Å². The summed E-state index contributed by atoms with van der Waals surface area (Å²) >= 11 is 0. The standard InChI is InChI=1S/C22H19F2N3O3/c1-13(21(28)25-18-10-9-15(23)11-17(18)24)30-22(29)20-12-19(14-7-8-14)26-27(20)16-5-3-2-4-6-16/h2-6,9-14H,7-8H2,1H3,(H,25,28)/t13-/m0/s1. The summed E-state index contributed by atoms with van der Waals surface area (Å²) in [4.78, 5) is 25.1. The van der Waals surface area contributed by atoms with Crippen molar-refractivity contribution in [1.82, 2.24) is 9.78 Å². The van der Waals surface area contributed by atoms with E-state index in [9.17, 15) is 18.4 Å². The van der Waals surface area contributed by atoms with E-state index in [-0.39, 0.29) is 11.4 Å². The lowest BCUT2D eigenvalue weighted by Gasteiger charge is -2.14. The number of rotatable bonds is 6. The Kier molecular flexibility index (Phi) is 5.31. The van der Waals surface area contributed by atoms with Crippen molar-refractivity contribution in [3.63, 3.8) is 0 Å². The molecule has 6 nitrogen and oxygen atoms in total. The SMILES string of the molecule is C[C@H](OC(=O)c1cc(C2CC2)nn1-c1ccccc1)C(=O)Nc1ccc(F)cc1F. The number of benzene rings is 2. The zero-order valence-corrected chi connectivity index (χ0v) is 16.1. The Labute approximate surface area is 171 Å². The van der Waals surface area contributed by atoms with Crippen LogP contribution in [-0.2, 0) is 9.53 Å². The van der Waals surface area contributed by atoms with E-state index in [2.05, 4.69) is 10.4 Å². The number of para-hydroxylation sites is 1. The minimum atomic E-state index is -1.20. The van der Waals surface area contributed by atoms with Gasteiger partial charge in [-0.15, -0.1) is 0 Å². The van der Waals surface area contributed by atoms with E-state index in [0.717, 1.165) is 30.7 Å². The van der Waals surface area contributed by atoms with Crippen molar-refractivity contribution >= 4 is 17.6 Å². The molecule has 0 bridgehead atoms. The summed E-state index contributed by atoms with van der Waals surface area (Å²) in [6, 6.07) is 13.6. The number of nitrogens with zero attached hydrogens (tertiary/aromatic N) is 2. The molecule has 0 aliphatic heterocycles. The van der Waals surface area contributed by atoms with Crippen LogP contribution in [0.4, 0.5) is 14.5 Å². The molecule has 1 amide bonds. The van der Waals surface area contributed by atoms with Crippen molar-refractivity contribution in [3.05, 3.63) is 77.6 Å². The summed E-state index contributed by atoms with van der Waals surface area (Å²) in [6.45, 7) is 1.37. The highest BCUT2D eigenvalue weighted by molar-refractivity contribution is 5.97. The first-order valence-electron chi connectivity index (χ1n) is 9.54. The molecule has 0 spiro atoms. The summed E-state index contributed by atoms with van der Waals surface area (Å²) in [6.07, 6.45) is 0.829. The van der Waals surface area contributed by atoms with E-state index in [1.807, 2.05) is 30.3 Å². The number of hydrogen-bond acceptors (Lipinski definition) is 4. The maximum atomic E-state index is 13.8. The molecular weight excluding hydrogens is 392 g/mol. The van der Waals surface area contributed by atoms with Gasteiger partial charge in [-0.25, -0.2) is 18.3 Å². The third-order valence-corrected chi connectivity index (χ3v) is 4.78. The molecule has 1 saturated carbocycles. The zero-order chi connectivity index (χ0) is 21.3. The number of ether oxygens (including phenoxy) is 1. The molecule has 30 heavy (non-hydrogen) atoms. The van der Waals surface area contributed by atoms with Crippen LogP contribution in [-0.4, -0.2) is 27.8 Å². The van der Waals surface area contributed by atoms with Crippen molar-refractivity contribution < 1.29 is 23.1 Å². The zero-order valence-electron chi connectivity index (χ0n) is 16.1. The normalized spacial score (nSPS) is 14.2. The van der Waals surface area contributed by atoms with Gasteiger partial charge in [-0.05, 0) is 50.1 Å². The predicted octanol–water partition coefficient (Wildman–Crippen LogP) is 4.21. The Hall–Kier alpha value is -3.55. The molecule has 1 heterocycles. The Morgan fingerprint density at radius 3 is 2.53 bits per heavy atom. The molecule has 8 heteroatoms. The number of anilines is 1. The lowest BCUT2D eigenvalue weighted by Crippen LogP contribution is -2.31. The third kappa shape index (κ3) is 4.22. The molecule has 4 rings (SSSR count). The first-order chi connectivity index (χ1) is 14.4. The molecule has 1 aromatic heterocycles. The Bertz CT molecular complexity index is 1090. The number of amides is 1. The fourth-order valence-electron chi connectivity index (χ4n) is 2.99. The number of hydrogen-bond donors (Lipinski definition) is 1. The van der Waals surface area contributed by atoms with E-state index < -0.39 is 29.6 Å². The van der Waals surface area contributed by atoms with Crippen LogP contribution in [0.25, 0.3) is 5.69 Å². The molecule has 2 aromatic carbocycles. The fourth-order valence-corrected chi connectivity index (χ4v) is 2.99. The number of esters is 1. The fraction of sp³-hybridized carbons (Fsp3) is 0.227. The van der Waals surface area contributed by atoms with Crippen molar-refractivity contribution in [2.24, 2.45) is 0 Å². The van der Waals surface area contributed by atoms with Gasteiger partial charge in [0.15, 0.2) is 11.8 Å². The second-order valence-corrected chi connectivity index (χ2v) is 7.14. The monoisotopic (exact) mass is 411 g/mol. The molecule has 154 valence electrons. The van der Waals surface area contributed by atoms with Crippen LogP contribution in [0, 0.1) is 11.6 Å². The van der Waals surface area contributed by atoms with Crippen LogP contribution in [0.3, 0.4) is 0 Å². The van der Waals surface area contributed by atoms with E-state index in [0.29, 0.717) is 17.7 Å². The summed E-state index contributed by atoms with van der Waals surface area (Å²) in [7, 11) is 0. The van der Waals surface area contributed by atoms with E-state index >= 15 is 0 Å². The Morgan fingerprint density at radius 2 is 1.87 bits per heavy atom. The number of nitrogens with one attached hydrogen (secondary N) is 1. The molecule has 0 saturated heterocycles. The summed E-state index contributed by atoms with van der Waals surface area (Å²) in [5, 5.41) is 6.83. The molecular formula is C22H19F2N3O3. The van der Waals surface area contributed by atoms with Crippen molar-refractivity contribution in [2.75, 3.05) is 5.32 Å². The minimum Gasteiger partial charge on any atom is -0.448 e. The predicted molar refractivity (Wildman–Crippen MR) is 105 cm³/mol. The van der Waals surface area contributed by atoms with E-state index in [1.54, 1.807) is 6.07 Å². The van der Waals surface area contributed by atoms with Gasteiger partial charge in [0.2, 0.25) is 0 Å². The smallest absolute Gasteiger partial charge is 0.357 e. The average molecular weight is 411 g/mol. The molecule has 0 radical (unpaired) electrons. The second kappa shape index (κ2) is 8.06. The lowest BCUT2D eigenvalue weighted by molar-refractivity contribution is -0.123. The molecule has 1 aliphatic carbocycles. The number of halogens is 2. The Balaban J connectivity index is 1.51. The minimum absolute atomic E-state index is 0.199. The summed E-state index contributed by atoms with van der Waals surface area (Å²) in [5.41, 5.74) is 1.50. The molecule has 0 unspecified atom stereocenters. The largest absolute Gasteiger partial charge is 0.448 e. The molecule has 1 N–H and O–H groups in total. The Morgan fingerprint density at radius 1 is 1.13 bits per heavy atom. The average Bonchev–Trinajstić information content (AvgIpc) is 3.48. The molecule has 1 atom stereocenters. The van der Waals surface area contributed by atoms with Crippen LogP contribution in [0.1, 0.15) is 41.9 Å². The van der Waals surface area contributed by atoms with Crippen LogP contribution in [0.2, 0.25) is 0 Å². The van der Waals surface area contributed by atoms with Crippen LogP contribution >= 0.6 is 0 Å². The molecule has 1 aliphatic rings. The van der Waals surface area contributed by atoms with E-state index in [1.165, 1.54) is 11.6 Å². The third-order valence-electron chi connectivity index (χ3n) is 4.78. The molecule has 1 fully saturated rings. The van der Waals surface area contributed by atoms with Gasteiger partial charge in [0.1, 0.15) is 11.6 Å². The number of carbonyl (C=O) groups excluding carboxylic acids is 2. The van der Waals surface area contributed by atoms with Crippen molar-refractivity contribution in [2.45, 2.75) is 31.8 Å².